The van der Waals surface area contributed by atoms with Gasteiger partial charge in [-0.3, -0.25) is 24.0 Å². The van der Waals surface area contributed by atoms with Gasteiger partial charge in [0.25, 0.3) is 0 Å². The summed E-state index contributed by atoms with van der Waals surface area (Å²) in [7, 11) is 0. The second kappa shape index (κ2) is 18.3. The number of ether oxygens (including phenoxy) is 1. The Labute approximate surface area is 340 Å². The van der Waals surface area contributed by atoms with Crippen LogP contribution in [0.15, 0.2) is 48.5 Å². The van der Waals surface area contributed by atoms with E-state index in [1.54, 1.807) is 36.9 Å². The summed E-state index contributed by atoms with van der Waals surface area (Å²) in [4.78, 5) is 88.8. The lowest BCUT2D eigenvalue weighted by molar-refractivity contribution is -0.153. The highest BCUT2D eigenvalue weighted by molar-refractivity contribution is 14.1. The van der Waals surface area contributed by atoms with E-state index in [2.05, 4.69) is 43.9 Å². The molecule has 0 saturated carbocycles. The molecule has 16 heteroatoms. The van der Waals surface area contributed by atoms with Crippen molar-refractivity contribution in [3.8, 4) is 0 Å². The van der Waals surface area contributed by atoms with Crippen molar-refractivity contribution in [2.24, 2.45) is 5.92 Å². The molecule has 2 aromatic rings. The number of piperidine rings is 1. The molecule has 14 nitrogen and oxygen atoms in total. The van der Waals surface area contributed by atoms with Gasteiger partial charge in [0.05, 0.1) is 18.8 Å². The molecule has 4 fully saturated rings. The van der Waals surface area contributed by atoms with Crippen LogP contribution in [0.2, 0.25) is 0 Å². The molecule has 0 unspecified atom stereocenters. The molecule has 0 aliphatic carbocycles. The third-order valence-corrected chi connectivity index (χ3v) is 11.9. The van der Waals surface area contributed by atoms with Crippen molar-refractivity contribution in [3.63, 3.8) is 0 Å². The minimum absolute atomic E-state index is 0.0553. The first-order chi connectivity index (χ1) is 26.8. The molecule has 56 heavy (non-hydrogen) atoms. The predicted molar refractivity (Wildman–Crippen MR) is 214 cm³/mol. The normalized spacial score (nSPS) is 28.2. The Kier molecular flexibility index (Phi) is 13.5. The number of amides is 7. The average molecular weight is 888 g/mol. The molecule has 0 bridgehead atoms. The highest BCUT2D eigenvalue weighted by atomic mass is 127. The molecule has 0 radical (unpaired) electrons. The molecule has 2 aromatic carbocycles. The van der Waals surface area contributed by atoms with Gasteiger partial charge >= 0.3 is 6.03 Å². The van der Waals surface area contributed by atoms with Gasteiger partial charge in [0, 0.05) is 35.3 Å². The van der Waals surface area contributed by atoms with E-state index in [0.717, 1.165) is 9.99 Å². The Morgan fingerprint density at radius 3 is 2.38 bits per heavy atom. The van der Waals surface area contributed by atoms with Gasteiger partial charge in [-0.2, -0.15) is 0 Å². The Morgan fingerprint density at radius 1 is 0.911 bits per heavy atom. The lowest BCUT2D eigenvalue weighted by Crippen LogP contribution is -2.63. The molecule has 4 heterocycles. The van der Waals surface area contributed by atoms with Crippen LogP contribution >= 0.6 is 22.6 Å². The van der Waals surface area contributed by atoms with Crippen LogP contribution in [0.1, 0.15) is 64.9 Å². The van der Waals surface area contributed by atoms with Gasteiger partial charge < -0.3 is 40.7 Å². The quantitative estimate of drug-likeness (QED) is 0.323. The van der Waals surface area contributed by atoms with Crippen molar-refractivity contribution in [1.29, 1.82) is 0 Å². The number of anilines is 1. The number of carbonyl (C=O) groups is 6. The van der Waals surface area contributed by atoms with Gasteiger partial charge in [-0.15, -0.1) is 0 Å². The lowest BCUT2D eigenvalue weighted by atomic mass is 9.99. The topological polar surface area (TPSA) is 169 Å². The number of rotatable bonds is 6. The van der Waals surface area contributed by atoms with Crippen LogP contribution in [0.4, 0.5) is 14.9 Å². The zero-order valence-corrected chi connectivity index (χ0v) is 34.1. The van der Waals surface area contributed by atoms with E-state index < -0.39 is 65.9 Å². The third kappa shape index (κ3) is 9.79. The molecule has 4 aliphatic rings. The van der Waals surface area contributed by atoms with E-state index in [9.17, 15) is 33.2 Å². The molecule has 8 atom stereocenters. The number of hydrogen-bond acceptors (Lipinski definition) is 7. The van der Waals surface area contributed by atoms with Crippen LogP contribution in [0.25, 0.3) is 0 Å². The largest absolute Gasteiger partial charge is 0.374 e. The Balaban J connectivity index is 1.30. The maximum Gasteiger partial charge on any atom is 0.319 e. The van der Waals surface area contributed by atoms with Crippen molar-refractivity contribution in [2.45, 2.75) is 108 Å². The zero-order chi connectivity index (χ0) is 40.1. The van der Waals surface area contributed by atoms with Crippen molar-refractivity contribution >= 4 is 63.8 Å². The van der Waals surface area contributed by atoms with E-state index in [0.29, 0.717) is 56.4 Å². The Hall–Kier alpha value is -4.32. The summed E-state index contributed by atoms with van der Waals surface area (Å²) in [5.74, 6) is -2.63. The molecule has 6 rings (SSSR count). The third-order valence-electron chi connectivity index (χ3n) is 11.2. The zero-order valence-electron chi connectivity index (χ0n) is 32.0. The van der Waals surface area contributed by atoms with E-state index >= 15 is 0 Å². The number of urea groups is 1. The number of halogens is 2. The van der Waals surface area contributed by atoms with Crippen LogP contribution in [0.3, 0.4) is 0 Å². The Morgan fingerprint density at radius 2 is 1.62 bits per heavy atom. The van der Waals surface area contributed by atoms with Crippen LogP contribution in [-0.2, 0) is 35.1 Å². The molecule has 4 saturated heterocycles. The highest BCUT2D eigenvalue weighted by Gasteiger charge is 2.45. The van der Waals surface area contributed by atoms with Gasteiger partial charge in [-0.1, -0.05) is 19.1 Å². The van der Waals surface area contributed by atoms with Crippen molar-refractivity contribution in [2.75, 3.05) is 31.6 Å². The van der Waals surface area contributed by atoms with Crippen molar-refractivity contribution in [1.82, 2.24) is 30.7 Å². The average Bonchev–Trinajstić information content (AvgIpc) is 3.82. The summed E-state index contributed by atoms with van der Waals surface area (Å²) < 4.78 is 21.6. The number of carbonyl (C=O) groups excluding carboxylic acids is 6. The maximum atomic E-state index is 14.7. The predicted octanol–water partition coefficient (Wildman–Crippen LogP) is 3.18. The first-order valence-electron chi connectivity index (χ1n) is 19.5. The fourth-order valence-electron chi connectivity index (χ4n) is 8.28. The van der Waals surface area contributed by atoms with Crippen LogP contribution < -0.4 is 21.3 Å². The van der Waals surface area contributed by atoms with Crippen molar-refractivity contribution < 1.29 is 37.9 Å². The van der Waals surface area contributed by atoms with Gasteiger partial charge in [0.15, 0.2) is 0 Å². The molecular formula is C40H51FIN7O7. The first-order valence-corrected chi connectivity index (χ1v) is 20.6. The standard InChI is InChI=1S/C40H51FIN7O7/c1-23-18-30-22-56-25(3)34(46-35(50)31(20-26-8-6-9-27(41)19-26)45-40(55)44-29-14-12-28(42)13-15-29)39(54)48-17-7-11-33(48)38(53)47-16-5-4-10-32(47)36(51)43-24(2)37(52)49(30)21-23/h6,8-9,12-15,19,23-25,30-34H,4-5,7,10-11,16-18,20-22H2,1-3H3,(H,43,51)(H,46,50)(H2,44,45,55)/t23-,24+,25+,30+,31+,32+,33+,34+/m1/s1. The lowest BCUT2D eigenvalue weighted by Gasteiger charge is -2.40. The first kappa shape index (κ1) is 41.3. The van der Waals surface area contributed by atoms with Gasteiger partial charge in [0.2, 0.25) is 29.5 Å². The molecule has 4 aliphatic heterocycles. The summed E-state index contributed by atoms with van der Waals surface area (Å²) >= 11 is 2.15. The number of nitrogens with zero attached hydrogens (tertiary/aromatic N) is 3. The van der Waals surface area contributed by atoms with E-state index in [4.69, 9.17) is 4.74 Å². The second-order valence-corrected chi connectivity index (χ2v) is 16.7. The number of benzene rings is 2. The summed E-state index contributed by atoms with van der Waals surface area (Å²) in [6.07, 6.45) is 2.38. The molecule has 302 valence electrons. The Bertz CT molecular complexity index is 1800. The number of fused-ring (bicyclic) bond motifs is 3. The minimum Gasteiger partial charge on any atom is -0.374 e. The fourth-order valence-corrected chi connectivity index (χ4v) is 8.64. The van der Waals surface area contributed by atoms with Crippen LogP contribution in [-0.4, -0.2) is 119 Å². The minimum atomic E-state index is -1.30. The fraction of sp³-hybridized carbons (Fsp3) is 0.550. The van der Waals surface area contributed by atoms with Crippen molar-refractivity contribution in [3.05, 3.63) is 63.5 Å². The molecule has 0 aromatic heterocycles. The molecule has 4 N–H and O–H groups in total. The van der Waals surface area contributed by atoms with Gasteiger partial charge in [-0.25, -0.2) is 9.18 Å². The van der Waals surface area contributed by atoms with Crippen LogP contribution in [0, 0.1) is 15.3 Å². The summed E-state index contributed by atoms with van der Waals surface area (Å²) in [5, 5.41) is 11.1. The van der Waals surface area contributed by atoms with Gasteiger partial charge in [-0.05, 0) is 123 Å². The summed E-state index contributed by atoms with van der Waals surface area (Å²) in [6.45, 7) is 6.44. The maximum absolute atomic E-state index is 14.7. The molecule has 7 amide bonds. The van der Waals surface area contributed by atoms with E-state index in [1.807, 2.05) is 19.1 Å². The highest BCUT2D eigenvalue weighted by Crippen LogP contribution is 2.28. The van der Waals surface area contributed by atoms with E-state index in [-0.39, 0.29) is 43.3 Å². The molecule has 0 spiro atoms. The monoisotopic (exact) mass is 887 g/mol. The molecular weight excluding hydrogens is 836 g/mol. The smallest absolute Gasteiger partial charge is 0.319 e. The second-order valence-electron chi connectivity index (χ2n) is 15.5. The van der Waals surface area contributed by atoms with E-state index in [1.165, 1.54) is 28.0 Å². The SMILES string of the molecule is C[C@@H]1C[C@H]2CO[C@@H](C)[C@H](NC(=O)[C@H](Cc3cccc(F)c3)NC(=O)Nc3ccc(I)cc3)C(=O)N3CCC[C@H]3C(=O)N3CCCC[C@H]3C(=O)N[C@@H](C)C(=O)N2C1. The van der Waals surface area contributed by atoms with Gasteiger partial charge in [0.1, 0.15) is 36.0 Å². The summed E-state index contributed by atoms with van der Waals surface area (Å²) in [5.41, 5.74) is 0.928. The number of nitrogens with one attached hydrogen (secondary N) is 4. The van der Waals surface area contributed by atoms with Crippen LogP contribution in [0.5, 0.6) is 0 Å². The summed E-state index contributed by atoms with van der Waals surface area (Å²) in [6, 6.07) is 6.66. The number of hydrogen-bond donors (Lipinski definition) is 4.